The molecule has 4 nitrogen and oxygen atoms in total. The molecule has 0 aliphatic carbocycles. The first-order chi connectivity index (χ1) is 13.7. The highest BCUT2D eigenvalue weighted by Gasteiger charge is 2.19. The Morgan fingerprint density at radius 1 is 1.11 bits per heavy atom. The van der Waals surface area contributed by atoms with Gasteiger partial charge in [0, 0.05) is 33.8 Å². The number of halogens is 1. The van der Waals surface area contributed by atoms with Crippen molar-refractivity contribution in [1.29, 1.82) is 0 Å². The van der Waals surface area contributed by atoms with Gasteiger partial charge in [-0.3, -0.25) is 4.79 Å². The molecule has 0 saturated heterocycles. The molecule has 3 heterocycles. The molecule has 0 amide bonds. The number of anilines is 1. The Hall–Kier alpha value is -2.63. The van der Waals surface area contributed by atoms with Gasteiger partial charge in [-0.25, -0.2) is 4.98 Å². The second kappa shape index (κ2) is 7.08. The molecule has 28 heavy (non-hydrogen) atoms. The maximum atomic E-state index is 12.9. The van der Waals surface area contributed by atoms with Crippen LogP contribution in [0.3, 0.4) is 0 Å². The van der Waals surface area contributed by atoms with E-state index in [1.54, 1.807) is 0 Å². The summed E-state index contributed by atoms with van der Waals surface area (Å²) in [6.07, 6.45) is 2.21. The Kier molecular flexibility index (Phi) is 4.41. The van der Waals surface area contributed by atoms with Crippen LogP contribution in [0, 0.1) is 0 Å². The molecule has 1 N–H and O–H groups in total. The monoisotopic (exact) mass is 407 g/mol. The predicted molar refractivity (Wildman–Crippen MR) is 116 cm³/mol. The first-order valence-corrected chi connectivity index (χ1v) is 10.5. The van der Waals surface area contributed by atoms with Crippen LogP contribution in [0.4, 0.5) is 5.69 Å². The van der Waals surface area contributed by atoms with Crippen molar-refractivity contribution in [1.82, 2.24) is 9.97 Å². The van der Waals surface area contributed by atoms with Gasteiger partial charge >= 0.3 is 0 Å². The zero-order valence-corrected chi connectivity index (χ0v) is 16.7. The van der Waals surface area contributed by atoms with Crippen molar-refractivity contribution in [2.24, 2.45) is 0 Å². The highest BCUT2D eigenvalue weighted by atomic mass is 35.5. The van der Waals surface area contributed by atoms with Gasteiger partial charge in [-0.1, -0.05) is 48.0 Å². The lowest BCUT2D eigenvalue weighted by atomic mass is 10.0. The minimum Gasteiger partial charge on any atom is -0.364 e. The van der Waals surface area contributed by atoms with Crippen molar-refractivity contribution >= 4 is 38.8 Å². The number of nitrogens with one attached hydrogen (secondary N) is 1. The summed E-state index contributed by atoms with van der Waals surface area (Å²) in [5, 5.41) is 3.21. The van der Waals surface area contributed by atoms with Crippen molar-refractivity contribution in [3.63, 3.8) is 0 Å². The summed E-state index contributed by atoms with van der Waals surface area (Å²) in [5.41, 5.74) is 4.19. The van der Waals surface area contributed by atoms with E-state index in [0.29, 0.717) is 22.8 Å². The van der Waals surface area contributed by atoms with Crippen LogP contribution >= 0.6 is 22.9 Å². The van der Waals surface area contributed by atoms with E-state index in [4.69, 9.17) is 16.6 Å². The van der Waals surface area contributed by atoms with Crippen LogP contribution in [0.1, 0.15) is 17.8 Å². The molecular weight excluding hydrogens is 390 g/mol. The van der Waals surface area contributed by atoms with Crippen LogP contribution < -0.4 is 10.5 Å². The summed E-state index contributed by atoms with van der Waals surface area (Å²) in [7, 11) is 0. The number of para-hydroxylation sites is 1. The van der Waals surface area contributed by atoms with Crippen molar-refractivity contribution in [3.05, 3.63) is 80.7 Å². The number of aromatic amines is 1. The molecule has 1 aliphatic rings. The molecule has 0 atom stereocenters. The number of aromatic nitrogens is 2. The van der Waals surface area contributed by atoms with Crippen LogP contribution in [-0.2, 0) is 13.0 Å². The van der Waals surface area contributed by atoms with Gasteiger partial charge in [0.05, 0.1) is 11.9 Å². The summed E-state index contributed by atoms with van der Waals surface area (Å²) in [4.78, 5) is 23.7. The van der Waals surface area contributed by atoms with Crippen molar-refractivity contribution < 1.29 is 0 Å². The first kappa shape index (κ1) is 17.5. The van der Waals surface area contributed by atoms with Crippen LogP contribution in [0.2, 0.25) is 5.02 Å². The van der Waals surface area contributed by atoms with Gasteiger partial charge in [0.25, 0.3) is 5.56 Å². The molecule has 0 fully saturated rings. The van der Waals surface area contributed by atoms with E-state index in [-0.39, 0.29) is 5.56 Å². The second-order valence-electron chi connectivity index (χ2n) is 6.98. The minimum atomic E-state index is -0.110. The first-order valence-electron chi connectivity index (χ1n) is 9.29. The molecule has 0 unspecified atom stereocenters. The van der Waals surface area contributed by atoms with E-state index in [1.165, 1.54) is 22.6 Å². The molecule has 0 radical (unpaired) electrons. The lowest BCUT2D eigenvalue weighted by Crippen LogP contribution is -2.30. The Labute approximate surface area is 171 Å². The average molecular weight is 408 g/mol. The maximum Gasteiger partial charge on any atom is 0.260 e. The normalized spacial score (nSPS) is 13.7. The van der Waals surface area contributed by atoms with Gasteiger partial charge in [-0.2, -0.15) is 0 Å². The third-order valence-electron chi connectivity index (χ3n) is 5.20. The number of nitrogens with zero attached hydrogens (tertiary/aromatic N) is 2. The van der Waals surface area contributed by atoms with Gasteiger partial charge in [-0.05, 0) is 30.5 Å². The van der Waals surface area contributed by atoms with Gasteiger partial charge in [0.15, 0.2) is 0 Å². The summed E-state index contributed by atoms with van der Waals surface area (Å²) < 4.78 is 0. The SMILES string of the molecule is O=c1[nH]c(CN2CCCc3ccccc32)nc2scc(-c3ccccc3Cl)c12. The van der Waals surface area contributed by atoms with Crippen LogP contribution in [0.25, 0.3) is 21.3 Å². The van der Waals surface area contributed by atoms with Crippen molar-refractivity contribution in [2.45, 2.75) is 19.4 Å². The third-order valence-corrected chi connectivity index (χ3v) is 6.41. The fraction of sp³-hybridized carbons (Fsp3) is 0.182. The van der Waals surface area contributed by atoms with Gasteiger partial charge in [0.1, 0.15) is 10.7 Å². The van der Waals surface area contributed by atoms with Crippen LogP contribution in [0.5, 0.6) is 0 Å². The zero-order valence-electron chi connectivity index (χ0n) is 15.1. The minimum absolute atomic E-state index is 0.110. The number of benzene rings is 2. The Morgan fingerprint density at radius 2 is 1.93 bits per heavy atom. The zero-order chi connectivity index (χ0) is 19.1. The van der Waals surface area contributed by atoms with Crippen molar-refractivity contribution in [2.75, 3.05) is 11.4 Å². The molecule has 0 saturated carbocycles. The highest BCUT2D eigenvalue weighted by molar-refractivity contribution is 7.17. The molecule has 0 bridgehead atoms. The summed E-state index contributed by atoms with van der Waals surface area (Å²) in [5.74, 6) is 0.696. The summed E-state index contributed by atoms with van der Waals surface area (Å²) >= 11 is 7.83. The number of aryl methyl sites for hydroxylation is 1. The van der Waals surface area contributed by atoms with Gasteiger partial charge in [0.2, 0.25) is 0 Å². The number of rotatable bonds is 3. The number of hydrogen-bond donors (Lipinski definition) is 1. The standard InChI is InChI=1S/C22H18ClN3OS/c23-17-9-3-2-8-15(17)16-13-28-22-20(16)21(27)24-19(25-22)12-26-11-5-7-14-6-1-4-10-18(14)26/h1-4,6,8-10,13H,5,7,11-12H2,(H,24,25,27). The molecule has 2 aromatic carbocycles. The lowest BCUT2D eigenvalue weighted by molar-refractivity contribution is 0.674. The van der Waals surface area contributed by atoms with Crippen molar-refractivity contribution in [3.8, 4) is 11.1 Å². The lowest BCUT2D eigenvalue weighted by Gasteiger charge is -2.30. The predicted octanol–water partition coefficient (Wildman–Crippen LogP) is 5.26. The van der Waals surface area contributed by atoms with Gasteiger partial charge < -0.3 is 9.88 Å². The average Bonchev–Trinajstić information content (AvgIpc) is 3.13. The van der Waals surface area contributed by atoms with E-state index < -0.39 is 0 Å². The Bertz CT molecular complexity index is 1230. The number of hydrogen-bond acceptors (Lipinski definition) is 4. The number of fused-ring (bicyclic) bond motifs is 2. The topological polar surface area (TPSA) is 49.0 Å². The van der Waals surface area contributed by atoms with Gasteiger partial charge in [-0.15, -0.1) is 11.3 Å². The highest BCUT2D eigenvalue weighted by Crippen LogP contribution is 2.35. The maximum absolute atomic E-state index is 12.9. The molecule has 0 spiro atoms. The largest absolute Gasteiger partial charge is 0.364 e. The second-order valence-corrected chi connectivity index (χ2v) is 8.24. The van der Waals surface area contributed by atoms with E-state index >= 15 is 0 Å². The molecule has 6 heteroatoms. The molecule has 5 rings (SSSR count). The van der Waals surface area contributed by atoms with E-state index in [1.807, 2.05) is 29.6 Å². The van der Waals surface area contributed by atoms with Crippen LogP contribution in [0.15, 0.2) is 58.7 Å². The third kappa shape index (κ3) is 3.01. The summed E-state index contributed by atoms with van der Waals surface area (Å²) in [6.45, 7) is 1.57. The summed E-state index contributed by atoms with van der Waals surface area (Å²) in [6, 6.07) is 16.0. The quantitative estimate of drug-likeness (QED) is 0.504. The molecule has 1 aliphatic heterocycles. The fourth-order valence-electron chi connectivity index (χ4n) is 3.90. The number of H-pyrrole nitrogens is 1. The Balaban J connectivity index is 1.54. The molecular formula is C22H18ClN3OS. The number of thiophene rings is 1. The molecule has 2 aromatic heterocycles. The smallest absolute Gasteiger partial charge is 0.260 e. The van der Waals surface area contributed by atoms with Crippen LogP contribution in [-0.4, -0.2) is 16.5 Å². The molecule has 140 valence electrons. The van der Waals surface area contributed by atoms with E-state index in [9.17, 15) is 4.79 Å². The van der Waals surface area contributed by atoms with E-state index in [2.05, 4.69) is 34.1 Å². The fourth-order valence-corrected chi connectivity index (χ4v) is 5.10. The Morgan fingerprint density at radius 3 is 2.82 bits per heavy atom. The molecule has 4 aromatic rings. The van der Waals surface area contributed by atoms with E-state index in [0.717, 1.165) is 35.3 Å².